The second-order valence-corrected chi connectivity index (χ2v) is 6.23. The highest BCUT2D eigenvalue weighted by Gasteiger charge is 2.26. The average Bonchev–Trinajstić information content (AvgIpc) is 3.00. The largest absolute Gasteiger partial charge is 0.469 e. The van der Waals surface area contributed by atoms with Crippen molar-refractivity contribution >= 4 is 11.8 Å². The molecule has 0 aliphatic heterocycles. The first-order valence-corrected chi connectivity index (χ1v) is 8.19. The fourth-order valence-electron chi connectivity index (χ4n) is 2.71. The molecule has 3 heterocycles. The van der Waals surface area contributed by atoms with Gasteiger partial charge in [-0.3, -0.25) is 10.00 Å². The number of hydrogen-bond donors (Lipinski definition) is 2. The summed E-state index contributed by atoms with van der Waals surface area (Å²) in [6.45, 7) is 2.23. The summed E-state index contributed by atoms with van der Waals surface area (Å²) in [6.07, 6.45) is 3.99. The Hall–Kier alpha value is -3.03. The lowest BCUT2D eigenvalue weighted by Crippen LogP contribution is -2.29. The van der Waals surface area contributed by atoms with Crippen LogP contribution in [0, 0.1) is 6.92 Å². The highest BCUT2D eigenvalue weighted by molar-refractivity contribution is 5.88. The maximum atomic E-state index is 12.1. The molecular formula is C17H19N5O3. The third-order valence-corrected chi connectivity index (χ3v) is 4.30. The normalized spacial score (nSPS) is 13.8. The van der Waals surface area contributed by atoms with Gasteiger partial charge in [0.05, 0.1) is 29.8 Å². The van der Waals surface area contributed by atoms with Crippen LogP contribution >= 0.6 is 0 Å². The number of aryl methyl sites for hydroxylation is 2. The molecule has 25 heavy (non-hydrogen) atoms. The monoisotopic (exact) mass is 341 g/mol. The number of hydrogen-bond acceptors (Lipinski definition) is 5. The summed E-state index contributed by atoms with van der Waals surface area (Å²) in [6, 6.07) is 5.15. The van der Waals surface area contributed by atoms with E-state index in [-0.39, 0.29) is 6.03 Å². The van der Waals surface area contributed by atoms with Gasteiger partial charge in [-0.15, -0.1) is 0 Å². The molecule has 0 bridgehead atoms. The van der Waals surface area contributed by atoms with Gasteiger partial charge in [-0.1, -0.05) is 5.16 Å². The first-order valence-electron chi connectivity index (χ1n) is 8.19. The number of carbonyl (C=O) groups excluding carboxylic acids is 1. The molecule has 0 spiro atoms. The summed E-state index contributed by atoms with van der Waals surface area (Å²) < 4.78 is 12.3. The highest BCUT2D eigenvalue weighted by Crippen LogP contribution is 2.39. The van der Waals surface area contributed by atoms with Crippen molar-refractivity contribution in [1.29, 1.82) is 0 Å². The molecule has 0 unspecified atom stereocenters. The molecule has 4 rings (SSSR count). The fourth-order valence-corrected chi connectivity index (χ4v) is 2.71. The van der Waals surface area contributed by atoms with Crippen molar-refractivity contribution < 1.29 is 13.7 Å². The van der Waals surface area contributed by atoms with Crippen LogP contribution in [0.3, 0.4) is 0 Å². The van der Waals surface area contributed by atoms with Crippen LogP contribution in [0.15, 0.2) is 33.4 Å². The molecule has 3 aromatic heterocycles. The van der Waals surface area contributed by atoms with Gasteiger partial charge in [0.1, 0.15) is 5.76 Å². The molecule has 0 radical (unpaired) electrons. The molecule has 1 aliphatic rings. The zero-order valence-electron chi connectivity index (χ0n) is 14.1. The van der Waals surface area contributed by atoms with E-state index in [2.05, 4.69) is 20.9 Å². The van der Waals surface area contributed by atoms with Crippen LogP contribution in [0.4, 0.5) is 10.6 Å². The molecule has 8 nitrogen and oxygen atoms in total. The third kappa shape index (κ3) is 3.28. The topological polar surface area (TPSA) is 98.1 Å². The Morgan fingerprint density at radius 3 is 2.96 bits per heavy atom. The van der Waals surface area contributed by atoms with Crippen molar-refractivity contribution in [2.45, 2.75) is 32.2 Å². The van der Waals surface area contributed by atoms with Crippen LogP contribution in [0.5, 0.6) is 0 Å². The number of rotatable bonds is 5. The second-order valence-electron chi connectivity index (χ2n) is 6.23. The molecule has 130 valence electrons. The molecule has 0 aromatic carbocycles. The second kappa shape index (κ2) is 6.12. The Morgan fingerprint density at radius 2 is 2.24 bits per heavy atom. The number of amides is 2. The van der Waals surface area contributed by atoms with Gasteiger partial charge in [0, 0.05) is 19.0 Å². The van der Waals surface area contributed by atoms with Crippen LogP contribution in [-0.4, -0.2) is 21.0 Å². The van der Waals surface area contributed by atoms with Gasteiger partial charge in [0.15, 0.2) is 11.6 Å². The van der Waals surface area contributed by atoms with E-state index in [1.54, 1.807) is 18.4 Å². The van der Waals surface area contributed by atoms with E-state index in [0.717, 1.165) is 22.7 Å². The van der Waals surface area contributed by atoms with E-state index in [0.29, 0.717) is 24.0 Å². The maximum Gasteiger partial charge on any atom is 0.320 e. The Morgan fingerprint density at radius 1 is 1.40 bits per heavy atom. The van der Waals surface area contributed by atoms with Crippen LogP contribution in [-0.2, 0) is 13.6 Å². The Bertz CT molecular complexity index is 903. The third-order valence-electron chi connectivity index (χ3n) is 4.30. The molecule has 2 amide bonds. The van der Waals surface area contributed by atoms with Crippen molar-refractivity contribution in [3.8, 4) is 11.3 Å². The predicted octanol–water partition coefficient (Wildman–Crippen LogP) is 3.18. The quantitative estimate of drug-likeness (QED) is 0.743. The summed E-state index contributed by atoms with van der Waals surface area (Å²) in [4.78, 5) is 12.1. The summed E-state index contributed by atoms with van der Waals surface area (Å²) in [5.41, 5.74) is 2.88. The van der Waals surface area contributed by atoms with Gasteiger partial charge in [-0.25, -0.2) is 4.79 Å². The summed E-state index contributed by atoms with van der Waals surface area (Å²) in [5, 5.41) is 13.8. The zero-order chi connectivity index (χ0) is 17.4. The van der Waals surface area contributed by atoms with E-state index in [9.17, 15) is 4.79 Å². The summed E-state index contributed by atoms with van der Waals surface area (Å²) in [5.74, 6) is 2.21. The van der Waals surface area contributed by atoms with Crippen LogP contribution < -0.4 is 10.6 Å². The minimum absolute atomic E-state index is 0.344. The van der Waals surface area contributed by atoms with E-state index in [1.165, 1.54) is 12.8 Å². The maximum absolute atomic E-state index is 12.1. The molecule has 2 N–H and O–H groups in total. The first kappa shape index (κ1) is 15.5. The minimum atomic E-state index is -0.349. The zero-order valence-corrected chi connectivity index (χ0v) is 14.1. The standard InChI is InChI=1S/C17H19N5O3/c1-10-13(5-6-24-10)15-8-16(21-25-15)19-17(23)18-9-12-7-14(11-3-4-11)20-22(12)2/h5-8,11H,3-4,9H2,1-2H3,(H2,18,19,21,23). The van der Waals surface area contributed by atoms with E-state index >= 15 is 0 Å². The van der Waals surface area contributed by atoms with Crippen molar-refractivity contribution in [2.75, 3.05) is 5.32 Å². The Labute approximate surface area is 144 Å². The number of urea groups is 1. The lowest BCUT2D eigenvalue weighted by atomic mass is 10.2. The molecule has 0 atom stereocenters. The molecule has 8 heteroatoms. The fraction of sp³-hybridized carbons (Fsp3) is 0.353. The average molecular weight is 341 g/mol. The van der Waals surface area contributed by atoms with Gasteiger partial charge in [-0.2, -0.15) is 5.10 Å². The van der Waals surface area contributed by atoms with Crippen LogP contribution in [0.2, 0.25) is 0 Å². The number of carbonyl (C=O) groups is 1. The summed E-state index contributed by atoms with van der Waals surface area (Å²) in [7, 11) is 1.89. The highest BCUT2D eigenvalue weighted by atomic mass is 16.5. The predicted molar refractivity (Wildman–Crippen MR) is 90.0 cm³/mol. The summed E-state index contributed by atoms with van der Waals surface area (Å²) >= 11 is 0. The number of aromatic nitrogens is 3. The molecule has 1 fully saturated rings. The number of nitrogens with one attached hydrogen (secondary N) is 2. The number of anilines is 1. The SMILES string of the molecule is Cc1occc1-c1cc(NC(=O)NCc2cc(C3CC3)nn2C)no1. The smallest absolute Gasteiger partial charge is 0.320 e. The number of furan rings is 1. The molecular weight excluding hydrogens is 322 g/mol. The van der Waals surface area contributed by atoms with E-state index < -0.39 is 0 Å². The minimum Gasteiger partial charge on any atom is -0.469 e. The van der Waals surface area contributed by atoms with E-state index in [4.69, 9.17) is 8.94 Å². The van der Waals surface area contributed by atoms with Crippen LogP contribution in [0.1, 0.15) is 35.9 Å². The van der Waals surface area contributed by atoms with Gasteiger partial charge < -0.3 is 14.3 Å². The van der Waals surface area contributed by atoms with Gasteiger partial charge in [-0.05, 0) is 31.9 Å². The molecule has 3 aromatic rings. The lowest BCUT2D eigenvalue weighted by molar-refractivity contribution is 0.251. The molecule has 1 aliphatic carbocycles. The van der Waals surface area contributed by atoms with Crippen molar-refractivity contribution in [3.05, 3.63) is 41.6 Å². The Kier molecular flexibility index (Phi) is 3.79. The van der Waals surface area contributed by atoms with Crippen molar-refractivity contribution in [3.63, 3.8) is 0 Å². The van der Waals surface area contributed by atoms with Crippen LogP contribution in [0.25, 0.3) is 11.3 Å². The van der Waals surface area contributed by atoms with Crippen molar-refractivity contribution in [2.24, 2.45) is 7.05 Å². The Balaban J connectivity index is 1.35. The van der Waals surface area contributed by atoms with E-state index in [1.807, 2.05) is 24.7 Å². The first-order chi connectivity index (χ1) is 12.1. The van der Waals surface area contributed by atoms with Crippen molar-refractivity contribution in [1.82, 2.24) is 20.3 Å². The molecule has 0 saturated heterocycles. The van der Waals surface area contributed by atoms with Gasteiger partial charge in [0.25, 0.3) is 0 Å². The molecule has 1 saturated carbocycles. The number of nitrogens with zero attached hydrogens (tertiary/aromatic N) is 3. The van der Waals surface area contributed by atoms with Gasteiger partial charge in [0.2, 0.25) is 0 Å². The lowest BCUT2D eigenvalue weighted by Gasteiger charge is -2.05. The van der Waals surface area contributed by atoms with Gasteiger partial charge >= 0.3 is 6.03 Å².